The number of carbonyl (C=O) groups excluding carboxylic acids is 1. The second-order valence-electron chi connectivity index (χ2n) is 4.27. The van der Waals surface area contributed by atoms with E-state index in [1.807, 2.05) is 43.5 Å². The van der Waals surface area contributed by atoms with Crippen molar-refractivity contribution in [1.82, 2.24) is 10.3 Å². The van der Waals surface area contributed by atoms with Crippen LogP contribution in [0.5, 0.6) is 0 Å². The first-order chi connectivity index (χ1) is 8.63. The molecule has 2 N–H and O–H groups in total. The fourth-order valence-corrected chi connectivity index (χ4v) is 1.85. The van der Waals surface area contributed by atoms with Crippen molar-refractivity contribution in [2.75, 3.05) is 0 Å². The normalized spacial score (nSPS) is 10.3. The molecule has 2 rings (SSSR count). The molecule has 1 amide bonds. The number of nitrogens with one attached hydrogen (secondary N) is 2. The minimum absolute atomic E-state index is 0.0175. The van der Waals surface area contributed by atoms with Gasteiger partial charge in [-0.05, 0) is 36.2 Å². The zero-order valence-electron chi connectivity index (χ0n) is 10.2. The zero-order chi connectivity index (χ0) is 13.0. The summed E-state index contributed by atoms with van der Waals surface area (Å²) in [5.74, 6) is 0.0175. The van der Waals surface area contributed by atoms with Gasteiger partial charge in [-0.25, -0.2) is 0 Å². The third-order valence-electron chi connectivity index (χ3n) is 2.65. The van der Waals surface area contributed by atoms with Crippen molar-refractivity contribution in [3.05, 3.63) is 58.4 Å². The average molecular weight is 263 g/mol. The number of aryl methyl sites for hydroxylation is 1. The number of aromatic nitrogens is 1. The van der Waals surface area contributed by atoms with Crippen molar-refractivity contribution in [1.29, 1.82) is 0 Å². The molecule has 0 aliphatic carbocycles. The quantitative estimate of drug-likeness (QED) is 0.874. The van der Waals surface area contributed by atoms with Gasteiger partial charge in [0.25, 0.3) is 0 Å². The Morgan fingerprint density at radius 3 is 2.61 bits per heavy atom. The number of aromatic amines is 1. The minimum atomic E-state index is 0.0175. The van der Waals surface area contributed by atoms with Crippen molar-refractivity contribution in [2.45, 2.75) is 19.9 Å². The van der Waals surface area contributed by atoms with E-state index in [2.05, 4.69) is 10.3 Å². The largest absolute Gasteiger partial charge is 0.365 e. The van der Waals surface area contributed by atoms with Crippen LogP contribution in [0.3, 0.4) is 0 Å². The van der Waals surface area contributed by atoms with Gasteiger partial charge in [-0.2, -0.15) is 0 Å². The average Bonchev–Trinajstić information content (AvgIpc) is 2.74. The molecule has 1 heterocycles. The van der Waals surface area contributed by atoms with Crippen molar-refractivity contribution < 1.29 is 4.79 Å². The van der Waals surface area contributed by atoms with Crippen LogP contribution in [0.1, 0.15) is 16.8 Å². The minimum Gasteiger partial charge on any atom is -0.365 e. The lowest BCUT2D eigenvalue weighted by Gasteiger charge is -2.04. The van der Waals surface area contributed by atoms with E-state index in [0.29, 0.717) is 18.0 Å². The molecule has 0 saturated heterocycles. The predicted molar refractivity (Wildman–Crippen MR) is 72.5 cm³/mol. The Kier molecular flexibility index (Phi) is 4.05. The topological polar surface area (TPSA) is 44.9 Å². The van der Waals surface area contributed by atoms with E-state index in [0.717, 1.165) is 16.8 Å². The number of H-pyrrole nitrogens is 1. The molecule has 0 bridgehead atoms. The fraction of sp³-hybridized carbons (Fsp3) is 0.214. The van der Waals surface area contributed by atoms with Crippen LogP contribution in [0.4, 0.5) is 0 Å². The van der Waals surface area contributed by atoms with Crippen LogP contribution in [-0.4, -0.2) is 10.9 Å². The highest BCUT2D eigenvalue weighted by Crippen LogP contribution is 2.09. The number of amides is 1. The Labute approximate surface area is 111 Å². The van der Waals surface area contributed by atoms with E-state index in [-0.39, 0.29) is 5.91 Å². The molecule has 2 aromatic rings. The second-order valence-corrected chi connectivity index (χ2v) is 4.71. The maximum absolute atomic E-state index is 11.7. The summed E-state index contributed by atoms with van der Waals surface area (Å²) in [6.07, 6.45) is 2.26. The van der Waals surface area contributed by atoms with Crippen LogP contribution in [0.15, 0.2) is 36.5 Å². The molecule has 0 aliphatic heterocycles. The third kappa shape index (κ3) is 3.64. The molecule has 94 valence electrons. The number of hydrogen-bond donors (Lipinski definition) is 2. The summed E-state index contributed by atoms with van der Waals surface area (Å²) in [7, 11) is 0. The summed E-state index contributed by atoms with van der Waals surface area (Å²) in [5, 5.41) is 3.58. The summed E-state index contributed by atoms with van der Waals surface area (Å²) in [6.45, 7) is 2.49. The lowest BCUT2D eigenvalue weighted by Crippen LogP contribution is -2.24. The molecule has 1 aromatic carbocycles. The molecule has 3 nitrogen and oxygen atoms in total. The molecule has 0 spiro atoms. The Hall–Kier alpha value is -1.74. The SMILES string of the molecule is Cc1cc(CC(=O)NCc2ccc(Cl)cc2)c[nH]1. The smallest absolute Gasteiger partial charge is 0.224 e. The van der Waals surface area contributed by atoms with E-state index in [1.165, 1.54) is 0 Å². The Bertz CT molecular complexity index is 531. The molecular formula is C14H15ClN2O. The molecule has 0 atom stereocenters. The van der Waals surface area contributed by atoms with Gasteiger partial charge in [0.15, 0.2) is 0 Å². The van der Waals surface area contributed by atoms with Crippen LogP contribution in [0.2, 0.25) is 5.02 Å². The number of benzene rings is 1. The van der Waals surface area contributed by atoms with Gasteiger partial charge < -0.3 is 10.3 Å². The molecule has 0 aliphatic rings. The fourth-order valence-electron chi connectivity index (χ4n) is 1.72. The number of rotatable bonds is 4. The van der Waals surface area contributed by atoms with Gasteiger partial charge in [0.1, 0.15) is 0 Å². The summed E-state index contributed by atoms with van der Waals surface area (Å²) in [5.41, 5.74) is 3.11. The molecule has 1 aromatic heterocycles. The maximum atomic E-state index is 11.7. The van der Waals surface area contributed by atoms with E-state index in [1.54, 1.807) is 0 Å². The van der Waals surface area contributed by atoms with E-state index < -0.39 is 0 Å². The van der Waals surface area contributed by atoms with Crippen LogP contribution < -0.4 is 5.32 Å². The van der Waals surface area contributed by atoms with Crippen molar-refractivity contribution in [2.24, 2.45) is 0 Å². The first-order valence-corrected chi connectivity index (χ1v) is 6.16. The number of hydrogen-bond acceptors (Lipinski definition) is 1. The molecule has 0 fully saturated rings. The van der Waals surface area contributed by atoms with Crippen LogP contribution in [-0.2, 0) is 17.8 Å². The maximum Gasteiger partial charge on any atom is 0.224 e. The number of carbonyl (C=O) groups is 1. The summed E-state index contributed by atoms with van der Waals surface area (Å²) < 4.78 is 0. The molecular weight excluding hydrogens is 248 g/mol. The monoisotopic (exact) mass is 262 g/mol. The molecule has 18 heavy (non-hydrogen) atoms. The molecule has 0 radical (unpaired) electrons. The first kappa shape index (κ1) is 12.7. The van der Waals surface area contributed by atoms with Crippen molar-refractivity contribution in [3.63, 3.8) is 0 Å². The van der Waals surface area contributed by atoms with Crippen LogP contribution in [0.25, 0.3) is 0 Å². The molecule has 4 heteroatoms. The van der Waals surface area contributed by atoms with Gasteiger partial charge in [0.2, 0.25) is 5.91 Å². The summed E-state index contributed by atoms with van der Waals surface area (Å²) in [4.78, 5) is 14.8. The van der Waals surface area contributed by atoms with E-state index in [4.69, 9.17) is 11.6 Å². The Morgan fingerprint density at radius 2 is 2.00 bits per heavy atom. The second kappa shape index (κ2) is 5.74. The predicted octanol–water partition coefficient (Wildman–Crippen LogP) is 2.84. The Morgan fingerprint density at radius 1 is 1.28 bits per heavy atom. The van der Waals surface area contributed by atoms with Gasteiger partial charge in [-0.3, -0.25) is 4.79 Å². The van der Waals surface area contributed by atoms with Gasteiger partial charge in [-0.1, -0.05) is 23.7 Å². The van der Waals surface area contributed by atoms with Crippen molar-refractivity contribution in [3.8, 4) is 0 Å². The lowest BCUT2D eigenvalue weighted by atomic mass is 10.2. The van der Waals surface area contributed by atoms with Gasteiger partial charge in [-0.15, -0.1) is 0 Å². The third-order valence-corrected chi connectivity index (χ3v) is 2.91. The highest BCUT2D eigenvalue weighted by atomic mass is 35.5. The van der Waals surface area contributed by atoms with Crippen LogP contribution in [0, 0.1) is 6.92 Å². The zero-order valence-corrected chi connectivity index (χ0v) is 10.9. The van der Waals surface area contributed by atoms with Gasteiger partial charge >= 0.3 is 0 Å². The van der Waals surface area contributed by atoms with Crippen molar-refractivity contribution >= 4 is 17.5 Å². The lowest BCUT2D eigenvalue weighted by molar-refractivity contribution is -0.120. The molecule has 0 saturated carbocycles. The summed E-state index contributed by atoms with van der Waals surface area (Å²) >= 11 is 5.79. The van der Waals surface area contributed by atoms with Crippen LogP contribution >= 0.6 is 11.6 Å². The number of halogens is 1. The van der Waals surface area contributed by atoms with E-state index in [9.17, 15) is 4.79 Å². The van der Waals surface area contributed by atoms with Gasteiger partial charge in [0, 0.05) is 23.5 Å². The van der Waals surface area contributed by atoms with E-state index >= 15 is 0 Å². The van der Waals surface area contributed by atoms with Gasteiger partial charge in [0.05, 0.1) is 6.42 Å². The highest BCUT2D eigenvalue weighted by Gasteiger charge is 2.04. The molecule has 0 unspecified atom stereocenters. The Balaban J connectivity index is 1.83. The standard InChI is InChI=1S/C14H15ClN2O/c1-10-6-12(9-16-10)7-14(18)17-8-11-2-4-13(15)5-3-11/h2-6,9,16H,7-8H2,1H3,(H,17,18). The highest BCUT2D eigenvalue weighted by molar-refractivity contribution is 6.30. The summed E-state index contributed by atoms with van der Waals surface area (Å²) in [6, 6.07) is 9.42. The first-order valence-electron chi connectivity index (χ1n) is 5.78.